The maximum atomic E-state index is 13.9. The fraction of sp³-hybridized carbons (Fsp3) is 0.235. The van der Waals surface area contributed by atoms with Gasteiger partial charge in [-0.3, -0.25) is 9.59 Å². The van der Waals surface area contributed by atoms with Crippen LogP contribution < -0.4 is 34.9 Å². The number of nitrogens with one attached hydrogen (secondary N) is 1. The average Bonchev–Trinajstić information content (AvgIpc) is 3.04. The summed E-state index contributed by atoms with van der Waals surface area (Å²) < 4.78 is 21.9. The molecule has 1 aliphatic rings. The topological polar surface area (TPSA) is 112 Å². The number of anilines is 2. The number of hydrogen-bond acceptors (Lipinski definition) is 7. The van der Waals surface area contributed by atoms with Gasteiger partial charge in [-0.25, -0.2) is 0 Å². The van der Waals surface area contributed by atoms with Crippen LogP contribution in [-0.2, 0) is 16.0 Å². The fourth-order valence-corrected chi connectivity index (χ4v) is 5.42. The Morgan fingerprint density at radius 3 is 1.98 bits per heavy atom. The van der Waals surface area contributed by atoms with Gasteiger partial charge in [-0.15, -0.1) is 0 Å². The van der Waals surface area contributed by atoms with Crippen LogP contribution in [0.2, 0.25) is 0 Å². The van der Waals surface area contributed by atoms with E-state index in [-0.39, 0.29) is 17.9 Å². The molecule has 3 atom stereocenters. The molecule has 0 radical (unpaired) electrons. The molecule has 43 heavy (non-hydrogen) atoms. The van der Waals surface area contributed by atoms with E-state index in [0.717, 1.165) is 22.4 Å². The highest BCUT2D eigenvalue weighted by molar-refractivity contribution is 6.07. The molecule has 1 aliphatic heterocycles. The normalized spacial score (nSPS) is 16.6. The number of nitrogens with two attached hydrogens (primary N) is 1. The summed E-state index contributed by atoms with van der Waals surface area (Å²) >= 11 is 0. The number of ether oxygens (including phenoxy) is 4. The number of methoxy groups -OCH3 is 4. The van der Waals surface area contributed by atoms with E-state index >= 15 is 0 Å². The summed E-state index contributed by atoms with van der Waals surface area (Å²) in [6, 6.07) is 27.1. The molecule has 2 amide bonds. The minimum absolute atomic E-state index is 0.0863. The number of carbonyl (C=O) groups excluding carboxylic acids is 2. The lowest BCUT2D eigenvalue weighted by molar-refractivity contribution is -0.126. The predicted octanol–water partition coefficient (Wildman–Crippen LogP) is 5.10. The Balaban J connectivity index is 1.41. The zero-order valence-corrected chi connectivity index (χ0v) is 24.6. The summed E-state index contributed by atoms with van der Waals surface area (Å²) in [5.41, 5.74) is 10.1. The maximum absolute atomic E-state index is 13.9. The van der Waals surface area contributed by atoms with Crippen molar-refractivity contribution in [2.45, 2.75) is 24.4 Å². The summed E-state index contributed by atoms with van der Waals surface area (Å²) in [6.07, 6.45) is 0.432. The lowest BCUT2D eigenvalue weighted by Gasteiger charge is -2.48. The molecule has 0 saturated carbocycles. The predicted molar refractivity (Wildman–Crippen MR) is 165 cm³/mol. The van der Waals surface area contributed by atoms with Gasteiger partial charge in [0.05, 0.1) is 52.1 Å². The first-order valence-corrected chi connectivity index (χ1v) is 13.9. The van der Waals surface area contributed by atoms with Crippen molar-refractivity contribution in [2.75, 3.05) is 38.7 Å². The highest BCUT2D eigenvalue weighted by Gasteiger charge is 2.50. The summed E-state index contributed by atoms with van der Waals surface area (Å²) in [7, 11) is 6.23. The van der Waals surface area contributed by atoms with Crippen molar-refractivity contribution < 1.29 is 28.5 Å². The summed E-state index contributed by atoms with van der Waals surface area (Å²) in [5.74, 6) is 1.24. The number of nitrogens with zero attached hydrogens (tertiary/aromatic N) is 1. The van der Waals surface area contributed by atoms with Crippen molar-refractivity contribution in [3.05, 3.63) is 108 Å². The first-order valence-electron chi connectivity index (χ1n) is 13.9. The largest absolute Gasteiger partial charge is 0.497 e. The van der Waals surface area contributed by atoms with E-state index in [4.69, 9.17) is 24.7 Å². The van der Waals surface area contributed by atoms with Gasteiger partial charge in [0.15, 0.2) is 11.5 Å². The Morgan fingerprint density at radius 1 is 0.814 bits per heavy atom. The van der Waals surface area contributed by atoms with Crippen LogP contribution in [0.5, 0.6) is 23.0 Å². The van der Waals surface area contributed by atoms with E-state index in [0.29, 0.717) is 35.0 Å². The zero-order valence-electron chi connectivity index (χ0n) is 24.6. The number of carbonyl (C=O) groups is 2. The van der Waals surface area contributed by atoms with Crippen LogP contribution in [-0.4, -0.2) is 46.3 Å². The Hall–Kier alpha value is -5.02. The second kappa shape index (κ2) is 12.9. The molecule has 0 aromatic heterocycles. The Bertz CT molecular complexity index is 1550. The van der Waals surface area contributed by atoms with E-state index in [1.807, 2.05) is 66.7 Å². The van der Waals surface area contributed by atoms with E-state index < -0.39 is 12.0 Å². The zero-order chi connectivity index (χ0) is 30.5. The molecule has 4 aromatic rings. The second-order valence-corrected chi connectivity index (χ2v) is 10.2. The fourth-order valence-electron chi connectivity index (χ4n) is 5.42. The van der Waals surface area contributed by atoms with Crippen LogP contribution in [0.4, 0.5) is 11.4 Å². The van der Waals surface area contributed by atoms with E-state index in [9.17, 15) is 9.59 Å². The molecule has 0 aliphatic carbocycles. The Labute approximate surface area is 251 Å². The van der Waals surface area contributed by atoms with Gasteiger partial charge in [0.25, 0.3) is 0 Å². The van der Waals surface area contributed by atoms with E-state index in [1.54, 1.807) is 36.3 Å². The lowest BCUT2D eigenvalue weighted by Crippen LogP contribution is -2.53. The van der Waals surface area contributed by atoms with Crippen molar-refractivity contribution >= 4 is 23.2 Å². The highest BCUT2D eigenvalue weighted by Crippen LogP contribution is 2.52. The van der Waals surface area contributed by atoms with Crippen molar-refractivity contribution in [2.24, 2.45) is 5.73 Å². The average molecular weight is 582 g/mol. The Kier molecular flexibility index (Phi) is 8.82. The van der Waals surface area contributed by atoms with Gasteiger partial charge in [0, 0.05) is 17.8 Å². The number of hydrogen-bond donors (Lipinski definition) is 2. The van der Waals surface area contributed by atoms with Crippen molar-refractivity contribution in [3.8, 4) is 23.0 Å². The molecule has 0 spiro atoms. The van der Waals surface area contributed by atoms with Crippen LogP contribution in [0.25, 0.3) is 0 Å². The van der Waals surface area contributed by atoms with Crippen LogP contribution in [0.15, 0.2) is 91.0 Å². The number of β-lactam (4-membered cyclic amide) rings is 1. The molecule has 4 aromatic carbocycles. The van der Waals surface area contributed by atoms with Crippen LogP contribution in [0.1, 0.15) is 28.7 Å². The maximum Gasteiger partial charge on any atom is 0.241 e. The van der Waals surface area contributed by atoms with Crippen LogP contribution >= 0.6 is 0 Å². The molecule has 9 heteroatoms. The number of rotatable bonds is 11. The molecule has 0 unspecified atom stereocenters. The van der Waals surface area contributed by atoms with Gasteiger partial charge in [-0.1, -0.05) is 54.6 Å². The first kappa shape index (κ1) is 29.5. The third kappa shape index (κ3) is 5.98. The molecular formula is C34H35N3O6. The molecule has 3 N–H and O–H groups in total. The quantitative estimate of drug-likeness (QED) is 0.237. The van der Waals surface area contributed by atoms with Crippen molar-refractivity contribution in [1.82, 2.24) is 0 Å². The van der Waals surface area contributed by atoms with Gasteiger partial charge in [0.1, 0.15) is 5.75 Å². The minimum Gasteiger partial charge on any atom is -0.497 e. The van der Waals surface area contributed by atoms with Gasteiger partial charge < -0.3 is 34.9 Å². The summed E-state index contributed by atoms with van der Waals surface area (Å²) in [5, 5.41) is 2.89. The third-order valence-electron chi connectivity index (χ3n) is 7.65. The number of amides is 2. The standard InChI is InChI=1S/C34H35N3O6/c1-40-26-16-12-23(13-17-26)31-30(34(39)37(31)25-19-28(41-2)32(43-4)29(20-25)42-3)22-10-14-24(15-11-22)36-33(38)27(35)18-21-8-6-5-7-9-21/h5-17,19-20,27,30-31H,18,35H2,1-4H3,(H,36,38)/t27-,30-,31-/m0/s1. The summed E-state index contributed by atoms with van der Waals surface area (Å²) in [4.78, 5) is 28.3. The van der Waals surface area contributed by atoms with E-state index in [1.165, 1.54) is 21.3 Å². The molecule has 1 saturated heterocycles. The summed E-state index contributed by atoms with van der Waals surface area (Å²) in [6.45, 7) is 0. The Morgan fingerprint density at radius 2 is 1.42 bits per heavy atom. The molecule has 1 fully saturated rings. The highest BCUT2D eigenvalue weighted by atomic mass is 16.5. The molecule has 222 valence electrons. The van der Waals surface area contributed by atoms with Crippen molar-refractivity contribution in [3.63, 3.8) is 0 Å². The van der Waals surface area contributed by atoms with Gasteiger partial charge >= 0.3 is 0 Å². The van der Waals surface area contributed by atoms with Crippen molar-refractivity contribution in [1.29, 1.82) is 0 Å². The SMILES string of the molecule is COc1ccc([C@H]2[C@H](c3ccc(NC(=O)[C@@H](N)Cc4ccccc4)cc3)C(=O)N2c2cc(OC)c(OC)c(OC)c2)cc1. The molecule has 0 bridgehead atoms. The van der Waals surface area contributed by atoms with Gasteiger partial charge in [0.2, 0.25) is 17.6 Å². The van der Waals surface area contributed by atoms with Gasteiger partial charge in [-0.2, -0.15) is 0 Å². The molecular weight excluding hydrogens is 546 g/mol. The second-order valence-electron chi connectivity index (χ2n) is 10.2. The van der Waals surface area contributed by atoms with Crippen LogP contribution in [0.3, 0.4) is 0 Å². The lowest BCUT2D eigenvalue weighted by atomic mass is 9.77. The smallest absolute Gasteiger partial charge is 0.241 e. The molecule has 5 rings (SSSR count). The molecule has 9 nitrogen and oxygen atoms in total. The monoisotopic (exact) mass is 581 g/mol. The van der Waals surface area contributed by atoms with Crippen LogP contribution in [0, 0.1) is 0 Å². The van der Waals surface area contributed by atoms with E-state index in [2.05, 4.69) is 5.32 Å². The van der Waals surface area contributed by atoms with Gasteiger partial charge in [-0.05, 0) is 47.4 Å². The minimum atomic E-state index is -0.693. The molecule has 1 heterocycles. The first-order chi connectivity index (χ1) is 20.9. The number of benzene rings is 4. The third-order valence-corrected chi connectivity index (χ3v) is 7.65.